The molecule has 0 bridgehead atoms. The van der Waals surface area contributed by atoms with Crippen molar-refractivity contribution in [2.45, 2.75) is 18.9 Å². The molecule has 6 rings (SSSR count). The summed E-state index contributed by atoms with van der Waals surface area (Å²) in [7, 11) is 0. The van der Waals surface area contributed by atoms with Crippen molar-refractivity contribution < 1.29 is 4.79 Å². The van der Waals surface area contributed by atoms with Crippen LogP contribution in [0.15, 0.2) is 47.5 Å². The van der Waals surface area contributed by atoms with Crippen LogP contribution in [0, 0.1) is 11.8 Å². The quantitative estimate of drug-likeness (QED) is 0.483. The summed E-state index contributed by atoms with van der Waals surface area (Å²) < 4.78 is 4.39. The number of nitrogens with zero attached hydrogens (tertiary/aromatic N) is 6. The van der Waals surface area contributed by atoms with Crippen molar-refractivity contribution in [2.75, 3.05) is 18.8 Å². The van der Waals surface area contributed by atoms with Crippen LogP contribution in [-0.4, -0.2) is 48.0 Å². The van der Waals surface area contributed by atoms with Gasteiger partial charge in [-0.15, -0.1) is 11.3 Å². The van der Waals surface area contributed by atoms with Crippen molar-refractivity contribution in [3.8, 4) is 5.69 Å². The minimum Gasteiger partial charge on any atom is -0.382 e. The molecule has 10 heteroatoms. The summed E-state index contributed by atoms with van der Waals surface area (Å²) in [5.41, 5.74) is 10.6. The number of likely N-dealkylation sites (tertiary alicyclic amines) is 1. The molecule has 2 aliphatic rings. The van der Waals surface area contributed by atoms with Crippen molar-refractivity contribution in [3.63, 3.8) is 0 Å². The highest BCUT2D eigenvalue weighted by molar-refractivity contribution is 7.16. The number of carbonyl (C=O) groups excluding carboxylic acids is 1. The van der Waals surface area contributed by atoms with Gasteiger partial charge in [-0.1, -0.05) is 6.58 Å². The Bertz CT molecular complexity index is 1440. The lowest BCUT2D eigenvalue weighted by atomic mass is 10.0. The average molecular weight is 448 g/mol. The van der Waals surface area contributed by atoms with E-state index in [9.17, 15) is 9.59 Å². The molecule has 1 saturated heterocycles. The molecule has 162 valence electrons. The highest BCUT2D eigenvalue weighted by Crippen LogP contribution is 2.44. The Morgan fingerprint density at radius 1 is 1.19 bits per heavy atom. The molecule has 1 aliphatic heterocycles. The summed E-state index contributed by atoms with van der Waals surface area (Å²) in [5.74, 6) is 0.976. The van der Waals surface area contributed by atoms with Gasteiger partial charge in [-0.05, 0) is 49.0 Å². The van der Waals surface area contributed by atoms with Crippen LogP contribution in [0.25, 0.3) is 27.1 Å². The van der Waals surface area contributed by atoms with E-state index >= 15 is 0 Å². The molecule has 1 aromatic carbocycles. The number of thiazole rings is 1. The van der Waals surface area contributed by atoms with E-state index in [0.717, 1.165) is 28.7 Å². The van der Waals surface area contributed by atoms with Gasteiger partial charge in [0.15, 0.2) is 11.5 Å². The molecule has 2 fully saturated rings. The Morgan fingerprint density at radius 2 is 1.97 bits per heavy atom. The molecule has 0 spiro atoms. The molecule has 9 nitrogen and oxygen atoms in total. The van der Waals surface area contributed by atoms with Crippen molar-refractivity contribution in [3.05, 3.63) is 53.2 Å². The monoisotopic (exact) mass is 447 g/mol. The second-order valence-corrected chi connectivity index (χ2v) is 9.40. The van der Waals surface area contributed by atoms with Gasteiger partial charge in [0.1, 0.15) is 11.8 Å². The second kappa shape index (κ2) is 6.99. The number of carbonyl (C=O) groups is 1. The zero-order valence-corrected chi connectivity index (χ0v) is 18.0. The Kier molecular flexibility index (Phi) is 4.19. The number of aromatic nitrogens is 5. The maximum atomic E-state index is 13.8. The molecule has 1 amide bonds. The number of hydrogen-bond acceptors (Lipinski definition) is 7. The van der Waals surface area contributed by atoms with E-state index in [1.165, 1.54) is 23.7 Å². The van der Waals surface area contributed by atoms with E-state index in [1.54, 1.807) is 14.6 Å². The number of benzene rings is 1. The van der Waals surface area contributed by atoms with Crippen molar-refractivity contribution in [1.82, 2.24) is 29.0 Å². The first-order chi connectivity index (χ1) is 15.5. The summed E-state index contributed by atoms with van der Waals surface area (Å²) in [6.45, 7) is 5.01. The van der Waals surface area contributed by atoms with Gasteiger partial charge in [-0.25, -0.2) is 19.7 Å². The van der Waals surface area contributed by atoms with Gasteiger partial charge in [0.2, 0.25) is 5.91 Å². The van der Waals surface area contributed by atoms with Gasteiger partial charge >= 0.3 is 5.69 Å². The molecule has 4 aromatic rings. The lowest BCUT2D eigenvalue weighted by Crippen LogP contribution is -2.30. The molecule has 2 atom stereocenters. The van der Waals surface area contributed by atoms with E-state index in [2.05, 4.69) is 21.5 Å². The van der Waals surface area contributed by atoms with Crippen LogP contribution in [0.5, 0.6) is 0 Å². The van der Waals surface area contributed by atoms with E-state index < -0.39 is 0 Å². The van der Waals surface area contributed by atoms with Crippen LogP contribution in [0.1, 0.15) is 18.9 Å². The Balaban J connectivity index is 1.45. The van der Waals surface area contributed by atoms with E-state index in [1.807, 2.05) is 23.1 Å². The number of imidazole rings is 1. The van der Waals surface area contributed by atoms with Crippen LogP contribution in [0.4, 0.5) is 5.82 Å². The standard InChI is InChI=1S/C22H21N7O2S/c1-2-18(30)27-8-12-5-15(6-13(12)9-27)29-21-19(20(23)24-10-25-21)28(22(29)31)14-3-4-16-17(7-14)32-11-26-16/h2-4,7,10-13,15H,1,5-6,8-9H2,(H2,23,24,25). The number of amides is 1. The smallest absolute Gasteiger partial charge is 0.335 e. The Morgan fingerprint density at radius 3 is 2.72 bits per heavy atom. The van der Waals surface area contributed by atoms with Gasteiger partial charge in [0.05, 0.1) is 21.4 Å². The molecule has 32 heavy (non-hydrogen) atoms. The van der Waals surface area contributed by atoms with Crippen molar-refractivity contribution in [2.24, 2.45) is 11.8 Å². The molecule has 1 saturated carbocycles. The lowest BCUT2D eigenvalue weighted by Gasteiger charge is -2.18. The minimum atomic E-state index is -0.167. The summed E-state index contributed by atoms with van der Waals surface area (Å²) >= 11 is 1.52. The van der Waals surface area contributed by atoms with Gasteiger partial charge in [0.25, 0.3) is 0 Å². The van der Waals surface area contributed by atoms with Gasteiger partial charge in [-0.2, -0.15) is 0 Å². The van der Waals surface area contributed by atoms with Crippen LogP contribution in [0.2, 0.25) is 0 Å². The van der Waals surface area contributed by atoms with Crippen LogP contribution < -0.4 is 11.4 Å². The zero-order valence-electron chi connectivity index (χ0n) is 17.2. The molecular weight excluding hydrogens is 426 g/mol. The normalized spacial score (nSPS) is 22.6. The fraction of sp³-hybridized carbons (Fsp3) is 0.318. The highest BCUT2D eigenvalue weighted by atomic mass is 32.1. The first-order valence-electron chi connectivity index (χ1n) is 10.5. The molecule has 1 aliphatic carbocycles. The predicted molar refractivity (Wildman–Crippen MR) is 123 cm³/mol. The first-order valence-corrected chi connectivity index (χ1v) is 11.4. The molecule has 0 radical (unpaired) electrons. The number of rotatable bonds is 3. The summed E-state index contributed by atoms with van der Waals surface area (Å²) in [6.07, 6.45) is 4.42. The predicted octanol–water partition coefficient (Wildman–Crippen LogP) is 2.37. The maximum Gasteiger partial charge on any atom is 0.335 e. The minimum absolute atomic E-state index is 0.00340. The van der Waals surface area contributed by atoms with Gasteiger partial charge < -0.3 is 10.6 Å². The molecule has 4 heterocycles. The third kappa shape index (κ3) is 2.72. The number of fused-ring (bicyclic) bond motifs is 3. The lowest BCUT2D eigenvalue weighted by molar-refractivity contribution is -0.125. The molecular formula is C22H21N7O2S. The van der Waals surface area contributed by atoms with E-state index in [-0.39, 0.29) is 23.5 Å². The third-order valence-corrected chi connectivity index (χ3v) is 7.62. The van der Waals surface area contributed by atoms with E-state index in [0.29, 0.717) is 36.1 Å². The zero-order chi connectivity index (χ0) is 22.0. The average Bonchev–Trinajstić information content (AvgIpc) is 3.53. The van der Waals surface area contributed by atoms with Crippen LogP contribution >= 0.6 is 11.3 Å². The maximum absolute atomic E-state index is 13.8. The van der Waals surface area contributed by atoms with E-state index in [4.69, 9.17) is 5.73 Å². The Hall–Kier alpha value is -3.53. The summed E-state index contributed by atoms with van der Waals surface area (Å²) in [5, 5.41) is 0. The number of nitrogen functional groups attached to an aromatic ring is 1. The Labute approximate surface area is 186 Å². The second-order valence-electron chi connectivity index (χ2n) is 8.52. The molecule has 2 unspecified atom stereocenters. The number of nitrogens with two attached hydrogens (primary N) is 1. The van der Waals surface area contributed by atoms with Crippen LogP contribution in [-0.2, 0) is 4.79 Å². The summed E-state index contributed by atoms with van der Waals surface area (Å²) in [4.78, 5) is 40.6. The van der Waals surface area contributed by atoms with Crippen molar-refractivity contribution >= 4 is 44.4 Å². The van der Waals surface area contributed by atoms with Crippen molar-refractivity contribution in [1.29, 1.82) is 0 Å². The fourth-order valence-electron chi connectivity index (χ4n) is 5.41. The largest absolute Gasteiger partial charge is 0.382 e. The van der Waals surface area contributed by atoms with Crippen LogP contribution in [0.3, 0.4) is 0 Å². The first kappa shape index (κ1) is 19.2. The topological polar surface area (TPSA) is 112 Å². The number of anilines is 1. The summed E-state index contributed by atoms with van der Waals surface area (Å²) in [6, 6.07) is 5.74. The SMILES string of the molecule is C=CC(=O)N1CC2CC(n3c(=O)n(-c4ccc5ncsc5c4)c4c(N)ncnc43)CC2C1. The molecule has 2 N–H and O–H groups in total. The number of hydrogen-bond donors (Lipinski definition) is 1. The highest BCUT2D eigenvalue weighted by Gasteiger charge is 2.43. The van der Waals surface area contributed by atoms with Gasteiger partial charge in [-0.3, -0.25) is 13.9 Å². The van der Waals surface area contributed by atoms with Gasteiger partial charge in [0, 0.05) is 19.1 Å². The fourth-order valence-corrected chi connectivity index (χ4v) is 6.12. The molecule has 3 aromatic heterocycles. The third-order valence-electron chi connectivity index (χ3n) is 6.83.